The molecule has 0 radical (unpaired) electrons. The summed E-state index contributed by atoms with van der Waals surface area (Å²) in [5.74, 6) is 0.0923. The van der Waals surface area contributed by atoms with Crippen LogP contribution in [0.3, 0.4) is 0 Å². The highest BCUT2D eigenvalue weighted by molar-refractivity contribution is 7.92. The number of ether oxygens (including phenoxy) is 1. The quantitative estimate of drug-likeness (QED) is 0.597. The number of amides is 1. The number of anilines is 1. The minimum atomic E-state index is -3.45. The molecule has 2 rings (SSSR count). The fraction of sp³-hybridized carbons (Fsp3) is 0.500. The lowest BCUT2D eigenvalue weighted by Gasteiger charge is -2.24. The van der Waals surface area contributed by atoms with Crippen molar-refractivity contribution >= 4 is 21.6 Å². The van der Waals surface area contributed by atoms with Gasteiger partial charge < -0.3 is 15.4 Å². The maximum Gasteiger partial charge on any atom is 0.255 e. The molecule has 0 bridgehead atoms. The van der Waals surface area contributed by atoms with Crippen LogP contribution < -0.4 is 20.1 Å². The standard InChI is InChI=1S/C18H27N3O4S/c1-5-7-15(14-8-6-9-19-14)20-18(22)13-11-16(21-26(4,23)24)12(2)10-17(13)25-3/h5,10-11,14-15,19,21H,1,6-9H2,2-4H3,(H,20,22). The van der Waals surface area contributed by atoms with Gasteiger partial charge in [0.05, 0.1) is 24.6 Å². The third-order valence-electron chi connectivity index (χ3n) is 4.41. The number of hydrogen-bond acceptors (Lipinski definition) is 5. The van der Waals surface area contributed by atoms with E-state index in [2.05, 4.69) is 21.9 Å². The third-order valence-corrected chi connectivity index (χ3v) is 5.00. The molecule has 1 saturated heterocycles. The molecule has 1 heterocycles. The summed E-state index contributed by atoms with van der Waals surface area (Å²) in [5, 5.41) is 6.42. The highest BCUT2D eigenvalue weighted by Gasteiger charge is 2.26. The number of benzene rings is 1. The molecule has 0 saturated carbocycles. The van der Waals surface area contributed by atoms with Gasteiger partial charge in [-0.25, -0.2) is 8.42 Å². The zero-order valence-electron chi connectivity index (χ0n) is 15.5. The van der Waals surface area contributed by atoms with E-state index in [1.807, 2.05) is 0 Å². The molecule has 2 unspecified atom stereocenters. The number of nitrogens with one attached hydrogen (secondary N) is 3. The first-order chi connectivity index (χ1) is 12.2. The largest absolute Gasteiger partial charge is 0.496 e. The highest BCUT2D eigenvalue weighted by atomic mass is 32.2. The van der Waals surface area contributed by atoms with Gasteiger partial charge in [-0.05, 0) is 50.4 Å². The molecule has 0 aromatic heterocycles. The van der Waals surface area contributed by atoms with Crippen LogP contribution in [0.1, 0.15) is 35.2 Å². The van der Waals surface area contributed by atoms with Crippen LogP contribution in [0.4, 0.5) is 5.69 Å². The van der Waals surface area contributed by atoms with E-state index in [1.54, 1.807) is 19.1 Å². The van der Waals surface area contributed by atoms with Gasteiger partial charge in [-0.2, -0.15) is 0 Å². The van der Waals surface area contributed by atoms with Crippen molar-refractivity contribution < 1.29 is 17.9 Å². The Balaban J connectivity index is 2.30. The number of methoxy groups -OCH3 is 1. The summed E-state index contributed by atoms with van der Waals surface area (Å²) in [6.07, 6.45) is 5.57. The van der Waals surface area contributed by atoms with Crippen molar-refractivity contribution in [2.45, 2.75) is 38.3 Å². The number of carbonyl (C=O) groups excluding carboxylic acids is 1. The van der Waals surface area contributed by atoms with Crippen LogP contribution in [0.5, 0.6) is 5.75 Å². The second-order valence-electron chi connectivity index (χ2n) is 6.55. The second kappa shape index (κ2) is 8.55. The van der Waals surface area contributed by atoms with Gasteiger partial charge in [0.2, 0.25) is 10.0 Å². The number of sulfonamides is 1. The lowest BCUT2D eigenvalue weighted by atomic mass is 10.0. The monoisotopic (exact) mass is 381 g/mol. The van der Waals surface area contributed by atoms with Crippen LogP contribution in [-0.2, 0) is 10.0 Å². The summed E-state index contributed by atoms with van der Waals surface area (Å²) in [6, 6.07) is 3.28. The molecule has 1 amide bonds. The van der Waals surface area contributed by atoms with E-state index in [9.17, 15) is 13.2 Å². The first-order valence-corrected chi connectivity index (χ1v) is 10.5. The normalized spacial score (nSPS) is 18.2. The fourth-order valence-corrected chi connectivity index (χ4v) is 3.76. The average Bonchev–Trinajstić information content (AvgIpc) is 3.09. The van der Waals surface area contributed by atoms with Crippen molar-refractivity contribution in [2.24, 2.45) is 0 Å². The van der Waals surface area contributed by atoms with Crippen LogP contribution in [0.25, 0.3) is 0 Å². The van der Waals surface area contributed by atoms with Crippen LogP contribution in [0, 0.1) is 6.92 Å². The lowest BCUT2D eigenvalue weighted by Crippen LogP contribution is -2.47. The molecule has 0 spiro atoms. The predicted octanol–water partition coefficient (Wildman–Crippen LogP) is 1.80. The Morgan fingerprint density at radius 3 is 2.77 bits per heavy atom. The van der Waals surface area contributed by atoms with E-state index in [4.69, 9.17) is 4.74 Å². The topological polar surface area (TPSA) is 96.5 Å². The van der Waals surface area contributed by atoms with Gasteiger partial charge in [-0.15, -0.1) is 6.58 Å². The number of hydrogen-bond donors (Lipinski definition) is 3. The molecule has 1 aromatic carbocycles. The summed E-state index contributed by atoms with van der Waals surface area (Å²) in [4.78, 5) is 12.9. The summed E-state index contributed by atoms with van der Waals surface area (Å²) in [7, 11) is -1.97. The maximum absolute atomic E-state index is 12.9. The van der Waals surface area contributed by atoms with E-state index in [1.165, 1.54) is 13.2 Å². The molecule has 26 heavy (non-hydrogen) atoms. The molecule has 1 aliphatic heterocycles. The minimum Gasteiger partial charge on any atom is -0.496 e. The summed E-state index contributed by atoms with van der Waals surface area (Å²) >= 11 is 0. The Hall–Kier alpha value is -2.06. The zero-order chi connectivity index (χ0) is 19.3. The van der Waals surface area contributed by atoms with Crippen molar-refractivity contribution in [1.29, 1.82) is 0 Å². The molecule has 2 atom stereocenters. The Bertz CT molecular complexity index is 771. The fourth-order valence-electron chi connectivity index (χ4n) is 3.14. The van der Waals surface area contributed by atoms with E-state index in [0.29, 0.717) is 23.4 Å². The molecule has 3 N–H and O–H groups in total. The van der Waals surface area contributed by atoms with Crippen molar-refractivity contribution in [3.05, 3.63) is 35.9 Å². The van der Waals surface area contributed by atoms with E-state index in [0.717, 1.165) is 25.6 Å². The van der Waals surface area contributed by atoms with Crippen LogP contribution in [0.15, 0.2) is 24.8 Å². The molecule has 144 valence electrons. The number of aryl methyl sites for hydroxylation is 1. The van der Waals surface area contributed by atoms with Crippen molar-refractivity contribution in [3.63, 3.8) is 0 Å². The van der Waals surface area contributed by atoms with Gasteiger partial charge in [-0.3, -0.25) is 9.52 Å². The molecule has 1 aliphatic rings. The van der Waals surface area contributed by atoms with Gasteiger partial charge in [-0.1, -0.05) is 6.08 Å². The molecule has 7 nitrogen and oxygen atoms in total. The zero-order valence-corrected chi connectivity index (χ0v) is 16.3. The van der Waals surface area contributed by atoms with E-state index in [-0.39, 0.29) is 23.6 Å². The van der Waals surface area contributed by atoms with Crippen molar-refractivity contribution in [3.8, 4) is 5.75 Å². The van der Waals surface area contributed by atoms with Gasteiger partial charge in [0.1, 0.15) is 5.75 Å². The second-order valence-corrected chi connectivity index (χ2v) is 8.30. The Morgan fingerprint density at radius 2 is 2.23 bits per heavy atom. The molecule has 1 aromatic rings. The molecule has 1 fully saturated rings. The van der Waals surface area contributed by atoms with Crippen LogP contribution in [0.2, 0.25) is 0 Å². The van der Waals surface area contributed by atoms with Gasteiger partial charge in [0, 0.05) is 12.1 Å². The average molecular weight is 381 g/mol. The first-order valence-electron chi connectivity index (χ1n) is 8.56. The molecule has 8 heteroatoms. The smallest absolute Gasteiger partial charge is 0.255 e. The predicted molar refractivity (Wildman–Crippen MR) is 103 cm³/mol. The number of carbonyl (C=O) groups is 1. The number of rotatable bonds is 8. The third kappa shape index (κ3) is 5.22. The SMILES string of the molecule is C=CCC(NC(=O)c1cc(NS(C)(=O)=O)c(C)cc1OC)C1CCCN1. The highest BCUT2D eigenvalue weighted by Crippen LogP contribution is 2.28. The lowest BCUT2D eigenvalue weighted by molar-refractivity contribution is 0.0926. The van der Waals surface area contributed by atoms with Crippen LogP contribution in [-0.4, -0.2) is 46.3 Å². The van der Waals surface area contributed by atoms with E-state index >= 15 is 0 Å². The summed E-state index contributed by atoms with van der Waals surface area (Å²) in [6.45, 7) is 6.46. The summed E-state index contributed by atoms with van der Waals surface area (Å²) < 4.78 is 30.9. The molecular weight excluding hydrogens is 354 g/mol. The Labute approximate surface area is 155 Å². The van der Waals surface area contributed by atoms with Gasteiger partial charge in [0.25, 0.3) is 5.91 Å². The van der Waals surface area contributed by atoms with Crippen LogP contribution >= 0.6 is 0 Å². The van der Waals surface area contributed by atoms with Crippen molar-refractivity contribution in [1.82, 2.24) is 10.6 Å². The maximum atomic E-state index is 12.9. The molecule has 0 aliphatic carbocycles. The summed E-state index contributed by atoms with van der Waals surface area (Å²) in [5.41, 5.74) is 1.32. The van der Waals surface area contributed by atoms with Gasteiger partial charge in [0.15, 0.2) is 0 Å². The Kier molecular flexibility index (Phi) is 6.66. The Morgan fingerprint density at radius 1 is 1.50 bits per heavy atom. The minimum absolute atomic E-state index is 0.0835. The van der Waals surface area contributed by atoms with E-state index < -0.39 is 10.0 Å². The first kappa shape index (κ1) is 20.3. The van der Waals surface area contributed by atoms with Crippen molar-refractivity contribution in [2.75, 3.05) is 24.6 Å². The van der Waals surface area contributed by atoms with Gasteiger partial charge >= 0.3 is 0 Å². The molecular formula is C18H27N3O4S.